The summed E-state index contributed by atoms with van der Waals surface area (Å²) in [6.07, 6.45) is 1.00. The van der Waals surface area contributed by atoms with Gasteiger partial charge in [-0.2, -0.15) is 4.31 Å². The van der Waals surface area contributed by atoms with E-state index in [1.54, 1.807) is 41.7 Å². The first kappa shape index (κ1) is 20.2. The standard InChI is InChI=1S/C20H21N3O3S3/c1-14-7-8-18(28-14)17-13-27-20(21-17)22-19(24)15-9-11-23(12-10-15)29(25,26)16-5-3-2-4-6-16/h2-8,13,15H,9-12H2,1H3,(H,21,22,24). The molecule has 1 fully saturated rings. The van der Waals surface area contributed by atoms with Crippen LogP contribution in [0.5, 0.6) is 0 Å². The lowest BCUT2D eigenvalue weighted by Crippen LogP contribution is -2.41. The molecule has 0 unspecified atom stereocenters. The van der Waals surface area contributed by atoms with Crippen LogP contribution in [0.1, 0.15) is 17.7 Å². The van der Waals surface area contributed by atoms with Crippen molar-refractivity contribution >= 4 is 43.7 Å². The number of piperidine rings is 1. The third kappa shape index (κ3) is 4.42. The fourth-order valence-electron chi connectivity index (χ4n) is 3.32. The van der Waals surface area contributed by atoms with Gasteiger partial charge in [-0.3, -0.25) is 4.79 Å². The number of nitrogens with zero attached hydrogens (tertiary/aromatic N) is 2. The summed E-state index contributed by atoms with van der Waals surface area (Å²) in [5.74, 6) is -0.307. The van der Waals surface area contributed by atoms with Crippen LogP contribution in [0.15, 0.2) is 52.7 Å². The van der Waals surface area contributed by atoms with Gasteiger partial charge in [-0.25, -0.2) is 13.4 Å². The fraction of sp³-hybridized carbons (Fsp3) is 0.300. The number of hydrogen-bond donors (Lipinski definition) is 1. The molecule has 3 aromatic rings. The number of amides is 1. The molecule has 6 nitrogen and oxygen atoms in total. The molecule has 3 heterocycles. The molecule has 1 saturated heterocycles. The van der Waals surface area contributed by atoms with E-state index in [9.17, 15) is 13.2 Å². The molecule has 0 radical (unpaired) electrons. The number of hydrogen-bond acceptors (Lipinski definition) is 6. The number of carbonyl (C=O) groups excluding carboxylic acids is 1. The predicted molar refractivity (Wildman–Crippen MR) is 117 cm³/mol. The number of carbonyl (C=O) groups is 1. The second kappa shape index (κ2) is 8.35. The van der Waals surface area contributed by atoms with E-state index in [2.05, 4.69) is 16.4 Å². The SMILES string of the molecule is Cc1ccc(-c2csc(NC(=O)C3CCN(S(=O)(=O)c4ccccc4)CC3)n2)s1. The fourth-order valence-corrected chi connectivity index (χ4v) is 6.43. The van der Waals surface area contributed by atoms with E-state index >= 15 is 0 Å². The van der Waals surface area contributed by atoms with Gasteiger partial charge in [0.15, 0.2) is 5.13 Å². The third-order valence-corrected chi connectivity index (χ3v) is 8.63. The van der Waals surface area contributed by atoms with Crippen molar-refractivity contribution in [1.82, 2.24) is 9.29 Å². The van der Waals surface area contributed by atoms with Crippen LogP contribution in [0.4, 0.5) is 5.13 Å². The normalized spacial score (nSPS) is 16.0. The second-order valence-electron chi connectivity index (χ2n) is 6.93. The minimum Gasteiger partial charge on any atom is -0.302 e. The summed E-state index contributed by atoms with van der Waals surface area (Å²) in [5.41, 5.74) is 0.868. The summed E-state index contributed by atoms with van der Waals surface area (Å²) in [6.45, 7) is 2.73. The molecule has 0 aliphatic carbocycles. The first-order valence-electron chi connectivity index (χ1n) is 9.32. The minimum atomic E-state index is -3.50. The van der Waals surface area contributed by atoms with Gasteiger partial charge in [0, 0.05) is 29.3 Å². The van der Waals surface area contributed by atoms with Crippen LogP contribution >= 0.6 is 22.7 Å². The molecule has 1 aliphatic heterocycles. The lowest BCUT2D eigenvalue weighted by Gasteiger charge is -2.30. The van der Waals surface area contributed by atoms with Crippen LogP contribution in [0, 0.1) is 12.8 Å². The maximum atomic E-state index is 12.7. The molecule has 29 heavy (non-hydrogen) atoms. The predicted octanol–water partition coefficient (Wildman–Crippen LogP) is 4.22. The van der Waals surface area contributed by atoms with Crippen LogP contribution in [0.25, 0.3) is 10.6 Å². The topological polar surface area (TPSA) is 79.4 Å². The lowest BCUT2D eigenvalue weighted by molar-refractivity contribution is -0.120. The lowest BCUT2D eigenvalue weighted by atomic mass is 9.97. The van der Waals surface area contributed by atoms with Gasteiger partial charge in [0.1, 0.15) is 0 Å². The molecular weight excluding hydrogens is 426 g/mol. The van der Waals surface area contributed by atoms with Gasteiger partial charge in [-0.15, -0.1) is 22.7 Å². The summed E-state index contributed by atoms with van der Waals surface area (Å²) in [7, 11) is -3.50. The van der Waals surface area contributed by atoms with Gasteiger partial charge >= 0.3 is 0 Å². The van der Waals surface area contributed by atoms with Gasteiger partial charge in [0.05, 0.1) is 15.5 Å². The number of benzene rings is 1. The highest BCUT2D eigenvalue weighted by molar-refractivity contribution is 7.89. The van der Waals surface area contributed by atoms with Crippen molar-refractivity contribution in [3.05, 3.63) is 52.7 Å². The van der Waals surface area contributed by atoms with E-state index in [-0.39, 0.29) is 11.8 Å². The Kier molecular flexibility index (Phi) is 5.82. The number of aromatic nitrogens is 1. The third-order valence-electron chi connectivity index (χ3n) is 4.93. The van der Waals surface area contributed by atoms with Crippen molar-refractivity contribution in [2.24, 2.45) is 5.92 Å². The Morgan fingerprint density at radius 1 is 1.14 bits per heavy atom. The van der Waals surface area contributed by atoms with Crippen LogP contribution in [0.2, 0.25) is 0 Å². The second-order valence-corrected chi connectivity index (χ2v) is 11.0. The summed E-state index contributed by atoms with van der Waals surface area (Å²) < 4.78 is 26.9. The largest absolute Gasteiger partial charge is 0.302 e. The Morgan fingerprint density at radius 2 is 1.86 bits per heavy atom. The molecule has 0 spiro atoms. The van der Waals surface area contributed by atoms with Crippen LogP contribution in [-0.4, -0.2) is 36.7 Å². The number of aryl methyl sites for hydroxylation is 1. The monoisotopic (exact) mass is 447 g/mol. The van der Waals surface area contributed by atoms with Crippen molar-refractivity contribution in [2.75, 3.05) is 18.4 Å². The van der Waals surface area contributed by atoms with E-state index in [1.807, 2.05) is 18.4 Å². The molecule has 1 aliphatic rings. The number of rotatable bonds is 5. The molecule has 1 N–H and O–H groups in total. The van der Waals surface area contributed by atoms with Gasteiger partial charge < -0.3 is 5.32 Å². The van der Waals surface area contributed by atoms with Gasteiger partial charge in [0.25, 0.3) is 0 Å². The van der Waals surface area contributed by atoms with Gasteiger partial charge in [0.2, 0.25) is 15.9 Å². The van der Waals surface area contributed by atoms with Crippen LogP contribution in [-0.2, 0) is 14.8 Å². The molecule has 0 atom stereocenters. The van der Waals surface area contributed by atoms with E-state index in [0.717, 1.165) is 10.6 Å². The summed E-state index contributed by atoms with van der Waals surface area (Å²) in [4.78, 5) is 19.7. The molecule has 152 valence electrons. The van der Waals surface area contributed by atoms with Crippen molar-refractivity contribution < 1.29 is 13.2 Å². The number of thiophene rings is 1. The minimum absolute atomic E-state index is 0.0926. The Labute approximate surface area is 178 Å². The molecule has 4 rings (SSSR count). The zero-order chi connectivity index (χ0) is 20.4. The van der Waals surface area contributed by atoms with E-state index in [4.69, 9.17) is 0 Å². The Bertz CT molecular complexity index is 1100. The quantitative estimate of drug-likeness (QED) is 0.635. The molecular formula is C20H21N3O3S3. The smallest absolute Gasteiger partial charge is 0.243 e. The zero-order valence-corrected chi connectivity index (χ0v) is 18.3. The van der Waals surface area contributed by atoms with Gasteiger partial charge in [-0.1, -0.05) is 18.2 Å². The van der Waals surface area contributed by atoms with Crippen molar-refractivity contribution in [1.29, 1.82) is 0 Å². The maximum absolute atomic E-state index is 12.7. The average Bonchev–Trinajstić information content (AvgIpc) is 3.37. The molecule has 0 bridgehead atoms. The Balaban J connectivity index is 1.35. The van der Waals surface area contributed by atoms with Crippen LogP contribution < -0.4 is 5.32 Å². The highest BCUT2D eigenvalue weighted by atomic mass is 32.2. The zero-order valence-electron chi connectivity index (χ0n) is 15.9. The molecule has 1 amide bonds. The Hall–Kier alpha value is -2.07. The highest BCUT2D eigenvalue weighted by Crippen LogP contribution is 2.31. The molecule has 9 heteroatoms. The van der Waals surface area contributed by atoms with E-state index in [1.165, 1.54) is 20.5 Å². The maximum Gasteiger partial charge on any atom is 0.243 e. The Morgan fingerprint density at radius 3 is 2.52 bits per heavy atom. The summed E-state index contributed by atoms with van der Waals surface area (Å²) >= 11 is 3.08. The summed E-state index contributed by atoms with van der Waals surface area (Å²) in [5, 5.41) is 5.42. The van der Waals surface area contributed by atoms with Crippen molar-refractivity contribution in [3.8, 4) is 10.6 Å². The number of nitrogens with one attached hydrogen (secondary N) is 1. The van der Waals surface area contributed by atoms with Gasteiger partial charge in [-0.05, 0) is 44.0 Å². The molecule has 0 saturated carbocycles. The average molecular weight is 448 g/mol. The van der Waals surface area contributed by atoms with Crippen LogP contribution in [0.3, 0.4) is 0 Å². The highest BCUT2D eigenvalue weighted by Gasteiger charge is 2.32. The number of thiazole rings is 1. The van der Waals surface area contributed by atoms with E-state index < -0.39 is 10.0 Å². The molecule has 2 aromatic heterocycles. The first-order chi connectivity index (χ1) is 13.9. The molecule has 1 aromatic carbocycles. The number of anilines is 1. The first-order valence-corrected chi connectivity index (χ1v) is 12.5. The van der Waals surface area contributed by atoms with Crippen molar-refractivity contribution in [3.63, 3.8) is 0 Å². The van der Waals surface area contributed by atoms with Crippen molar-refractivity contribution in [2.45, 2.75) is 24.7 Å². The summed E-state index contributed by atoms with van der Waals surface area (Å²) in [6, 6.07) is 12.5. The van der Waals surface area contributed by atoms with E-state index in [0.29, 0.717) is 36.0 Å². The number of sulfonamides is 1.